The fourth-order valence-corrected chi connectivity index (χ4v) is 6.88. The molecule has 0 aliphatic rings. The second-order valence-corrected chi connectivity index (χ2v) is 18.8. The van der Waals surface area contributed by atoms with Crippen LogP contribution < -0.4 is 4.74 Å². The standard InChI is InChI=1S/C37H52ClN3O7Si/c1-37(2,3)49(8,9)48-19-10-11-27-28-16-17-30(38)32(33(28)39-34(27)36(42)45-7)35-29(24-47-23-25-12-14-26(44-6)15-13-25)31(40-41(35)4)18-20-46-22-21-43-5/h12-17,39H,10-11,18-24H2,1-9H3. The number of ether oxygens (including phenoxy) is 5. The highest BCUT2D eigenvalue weighted by Gasteiger charge is 2.37. The van der Waals surface area contributed by atoms with Crippen LogP contribution in [0.25, 0.3) is 22.2 Å². The molecule has 0 fully saturated rings. The van der Waals surface area contributed by atoms with Gasteiger partial charge in [0.05, 0.1) is 69.2 Å². The summed E-state index contributed by atoms with van der Waals surface area (Å²) in [5.74, 6) is 0.358. The summed E-state index contributed by atoms with van der Waals surface area (Å²) in [5, 5.41) is 6.47. The number of rotatable bonds is 18. The minimum absolute atomic E-state index is 0.116. The van der Waals surface area contributed by atoms with Crippen molar-refractivity contribution in [2.24, 2.45) is 7.05 Å². The third-order valence-corrected chi connectivity index (χ3v) is 14.2. The van der Waals surface area contributed by atoms with Crippen LogP contribution in [0, 0.1) is 0 Å². The molecule has 268 valence electrons. The summed E-state index contributed by atoms with van der Waals surface area (Å²) in [7, 11) is 4.68. The van der Waals surface area contributed by atoms with Crippen molar-refractivity contribution in [2.45, 2.75) is 71.4 Å². The molecule has 0 unspecified atom stereocenters. The number of halogens is 1. The quantitative estimate of drug-likeness (QED) is 0.0631. The number of hydrogen-bond acceptors (Lipinski definition) is 8. The first-order valence-corrected chi connectivity index (χ1v) is 20.0. The Labute approximate surface area is 296 Å². The van der Waals surface area contributed by atoms with Crippen LogP contribution >= 0.6 is 11.6 Å². The zero-order valence-electron chi connectivity index (χ0n) is 30.5. The zero-order chi connectivity index (χ0) is 35.8. The Morgan fingerprint density at radius 2 is 1.65 bits per heavy atom. The molecule has 0 bridgehead atoms. The van der Waals surface area contributed by atoms with Crippen molar-refractivity contribution in [3.05, 3.63) is 69.5 Å². The van der Waals surface area contributed by atoms with E-state index >= 15 is 0 Å². The number of nitrogens with one attached hydrogen (secondary N) is 1. The van der Waals surface area contributed by atoms with E-state index < -0.39 is 14.3 Å². The fourth-order valence-electron chi connectivity index (χ4n) is 5.55. The summed E-state index contributed by atoms with van der Waals surface area (Å²) in [6.07, 6.45) is 1.96. The maximum Gasteiger partial charge on any atom is 0.354 e. The van der Waals surface area contributed by atoms with E-state index in [1.165, 1.54) is 7.11 Å². The summed E-state index contributed by atoms with van der Waals surface area (Å²) in [5.41, 5.74) is 6.37. The van der Waals surface area contributed by atoms with Crippen LogP contribution in [0.4, 0.5) is 0 Å². The Morgan fingerprint density at radius 3 is 2.31 bits per heavy atom. The van der Waals surface area contributed by atoms with E-state index in [1.54, 1.807) is 14.2 Å². The number of carbonyl (C=O) groups excluding carboxylic acids is 1. The molecule has 4 aromatic rings. The molecule has 0 saturated carbocycles. The van der Waals surface area contributed by atoms with E-state index in [0.29, 0.717) is 56.6 Å². The van der Waals surface area contributed by atoms with Crippen molar-refractivity contribution in [3.8, 4) is 17.0 Å². The molecule has 0 amide bonds. The number of H-pyrrole nitrogens is 1. The lowest BCUT2D eigenvalue weighted by Crippen LogP contribution is -2.41. The molecule has 12 heteroatoms. The van der Waals surface area contributed by atoms with Gasteiger partial charge in [0.15, 0.2) is 8.32 Å². The number of esters is 1. The average Bonchev–Trinajstić information content (AvgIpc) is 3.58. The van der Waals surface area contributed by atoms with Gasteiger partial charge in [-0.15, -0.1) is 0 Å². The van der Waals surface area contributed by atoms with Gasteiger partial charge in [0.25, 0.3) is 0 Å². The normalized spacial score (nSPS) is 12.2. The third kappa shape index (κ3) is 9.33. The fraction of sp³-hybridized carbons (Fsp3) is 0.514. The van der Waals surface area contributed by atoms with Gasteiger partial charge in [-0.05, 0) is 60.3 Å². The van der Waals surface area contributed by atoms with Gasteiger partial charge in [-0.1, -0.05) is 50.6 Å². The number of methoxy groups -OCH3 is 3. The maximum atomic E-state index is 13.1. The van der Waals surface area contributed by atoms with Crippen LogP contribution in [0.1, 0.15) is 60.1 Å². The van der Waals surface area contributed by atoms with Crippen molar-refractivity contribution in [1.82, 2.24) is 14.8 Å². The lowest BCUT2D eigenvalue weighted by Gasteiger charge is -2.36. The number of hydrogen-bond donors (Lipinski definition) is 1. The highest BCUT2D eigenvalue weighted by Crippen LogP contribution is 2.41. The maximum absolute atomic E-state index is 13.1. The average molecular weight is 714 g/mol. The third-order valence-electron chi connectivity index (χ3n) is 9.32. The molecular weight excluding hydrogens is 662 g/mol. The molecule has 4 rings (SSSR count). The van der Waals surface area contributed by atoms with Gasteiger partial charge < -0.3 is 33.1 Å². The zero-order valence-corrected chi connectivity index (χ0v) is 32.2. The summed E-state index contributed by atoms with van der Waals surface area (Å²) < 4.78 is 36.0. The van der Waals surface area contributed by atoms with Crippen molar-refractivity contribution in [2.75, 3.05) is 47.8 Å². The predicted octanol–water partition coefficient (Wildman–Crippen LogP) is 7.89. The Bertz CT molecular complexity index is 1690. The molecule has 0 radical (unpaired) electrons. The summed E-state index contributed by atoms with van der Waals surface area (Å²) in [6, 6.07) is 11.6. The van der Waals surface area contributed by atoms with Crippen molar-refractivity contribution < 1.29 is 32.9 Å². The minimum Gasteiger partial charge on any atom is -0.497 e. The van der Waals surface area contributed by atoms with Crippen LogP contribution in [0.5, 0.6) is 5.75 Å². The van der Waals surface area contributed by atoms with Crippen molar-refractivity contribution in [1.29, 1.82) is 0 Å². The van der Waals surface area contributed by atoms with E-state index in [4.69, 9.17) is 44.8 Å². The number of benzene rings is 2. The molecule has 2 aromatic heterocycles. The van der Waals surface area contributed by atoms with Gasteiger partial charge in [0.1, 0.15) is 11.4 Å². The van der Waals surface area contributed by atoms with Crippen molar-refractivity contribution in [3.63, 3.8) is 0 Å². The van der Waals surface area contributed by atoms with E-state index in [1.807, 2.05) is 48.1 Å². The van der Waals surface area contributed by atoms with Crippen LogP contribution in [0.15, 0.2) is 36.4 Å². The summed E-state index contributed by atoms with van der Waals surface area (Å²) >= 11 is 7.02. The van der Waals surface area contributed by atoms with Crippen LogP contribution in [0.2, 0.25) is 23.2 Å². The Kier molecular flexibility index (Phi) is 13.5. The number of aryl methyl sites for hydroxylation is 2. The molecule has 0 spiro atoms. The highest BCUT2D eigenvalue weighted by molar-refractivity contribution is 6.74. The molecule has 49 heavy (non-hydrogen) atoms. The van der Waals surface area contributed by atoms with Crippen LogP contribution in [-0.4, -0.2) is 76.8 Å². The minimum atomic E-state index is -1.91. The molecular formula is C37H52ClN3O7Si. The van der Waals surface area contributed by atoms with Crippen LogP contribution in [0.3, 0.4) is 0 Å². The molecule has 0 atom stereocenters. The van der Waals surface area contributed by atoms with Gasteiger partial charge in [-0.2, -0.15) is 5.10 Å². The first-order valence-electron chi connectivity index (χ1n) is 16.7. The monoisotopic (exact) mass is 713 g/mol. The first-order chi connectivity index (χ1) is 23.3. The second-order valence-electron chi connectivity index (χ2n) is 13.6. The topological polar surface area (TPSA) is 106 Å². The number of nitrogens with zero attached hydrogens (tertiary/aromatic N) is 2. The predicted molar refractivity (Wildman–Crippen MR) is 196 cm³/mol. The Balaban J connectivity index is 1.72. The summed E-state index contributed by atoms with van der Waals surface area (Å²) in [6.45, 7) is 14.0. The number of carbonyl (C=O) groups is 1. The largest absolute Gasteiger partial charge is 0.497 e. The molecule has 1 N–H and O–H groups in total. The van der Waals surface area contributed by atoms with Crippen LogP contribution in [-0.2, 0) is 56.5 Å². The Hall–Kier alpha value is -3.19. The highest BCUT2D eigenvalue weighted by atomic mass is 35.5. The van der Waals surface area contributed by atoms with Gasteiger partial charge in [0, 0.05) is 43.7 Å². The van der Waals surface area contributed by atoms with Crippen molar-refractivity contribution >= 4 is 36.8 Å². The number of aromatic amines is 1. The van der Waals surface area contributed by atoms with Gasteiger partial charge in [-0.3, -0.25) is 4.68 Å². The lowest BCUT2D eigenvalue weighted by atomic mass is 9.99. The van der Waals surface area contributed by atoms with Gasteiger partial charge in [0.2, 0.25) is 0 Å². The SMILES string of the molecule is COCCOCCc1nn(C)c(-c2c(Cl)ccc3c(CCCO[Si](C)(C)C(C)(C)C)c(C(=O)OC)[nH]c23)c1COCc1ccc(OC)cc1. The summed E-state index contributed by atoms with van der Waals surface area (Å²) in [4.78, 5) is 16.5. The molecule has 10 nitrogen and oxygen atoms in total. The molecule has 0 saturated heterocycles. The van der Waals surface area contributed by atoms with E-state index in [-0.39, 0.29) is 11.6 Å². The molecule has 0 aliphatic heterocycles. The molecule has 2 aromatic carbocycles. The lowest BCUT2D eigenvalue weighted by molar-refractivity contribution is 0.0593. The second kappa shape index (κ2) is 17.2. The molecule has 2 heterocycles. The number of fused-ring (bicyclic) bond motifs is 1. The van der Waals surface area contributed by atoms with Gasteiger partial charge in [-0.25, -0.2) is 4.79 Å². The Morgan fingerprint density at radius 1 is 0.918 bits per heavy atom. The molecule has 0 aliphatic carbocycles. The van der Waals surface area contributed by atoms with E-state index in [2.05, 4.69) is 38.8 Å². The number of aromatic nitrogens is 3. The van der Waals surface area contributed by atoms with E-state index in [0.717, 1.165) is 56.7 Å². The smallest absolute Gasteiger partial charge is 0.354 e. The first kappa shape index (κ1) is 38.6. The van der Waals surface area contributed by atoms with E-state index in [9.17, 15) is 4.79 Å². The van der Waals surface area contributed by atoms with Gasteiger partial charge >= 0.3 is 5.97 Å².